The maximum atomic E-state index is 11.8. The summed E-state index contributed by atoms with van der Waals surface area (Å²) >= 11 is 0. The van der Waals surface area contributed by atoms with Gasteiger partial charge in [-0.1, -0.05) is 29.3 Å². The molecular formula is C14H19N3O2. The van der Waals surface area contributed by atoms with Gasteiger partial charge in [-0.25, -0.2) is 4.79 Å². The van der Waals surface area contributed by atoms with Gasteiger partial charge in [-0.3, -0.25) is 9.69 Å². The predicted octanol–water partition coefficient (Wildman–Crippen LogP) is 1.20. The largest absolute Gasteiger partial charge is 0.327 e. The van der Waals surface area contributed by atoms with E-state index in [9.17, 15) is 9.59 Å². The monoisotopic (exact) mass is 261 g/mol. The number of benzene rings is 1. The molecule has 1 aliphatic heterocycles. The molecule has 0 radical (unpaired) electrons. The Labute approximate surface area is 113 Å². The third kappa shape index (κ3) is 2.76. The first-order valence-electron chi connectivity index (χ1n) is 6.27. The van der Waals surface area contributed by atoms with Crippen LogP contribution in [0.2, 0.25) is 0 Å². The van der Waals surface area contributed by atoms with Crippen molar-refractivity contribution in [3.05, 3.63) is 34.9 Å². The van der Waals surface area contributed by atoms with E-state index in [1.54, 1.807) is 7.05 Å². The molecule has 0 aliphatic carbocycles. The number of carbonyl (C=O) groups is 2. The van der Waals surface area contributed by atoms with E-state index in [-0.39, 0.29) is 31.1 Å². The Morgan fingerprint density at radius 3 is 2.26 bits per heavy atom. The van der Waals surface area contributed by atoms with Crippen molar-refractivity contribution in [1.29, 1.82) is 0 Å². The van der Waals surface area contributed by atoms with Gasteiger partial charge in [-0.15, -0.1) is 0 Å². The Hall–Kier alpha value is -1.88. The van der Waals surface area contributed by atoms with E-state index in [1.165, 1.54) is 9.80 Å². The molecule has 2 rings (SSSR count). The SMILES string of the molecule is Cc1cc(C)cc(C(N)CN2C(=O)CN(C)C2=O)c1. The Kier molecular flexibility index (Phi) is 3.57. The molecule has 1 atom stereocenters. The van der Waals surface area contributed by atoms with Crippen LogP contribution in [-0.4, -0.2) is 41.9 Å². The van der Waals surface area contributed by atoms with E-state index in [0.29, 0.717) is 0 Å². The van der Waals surface area contributed by atoms with Gasteiger partial charge in [0.25, 0.3) is 0 Å². The lowest BCUT2D eigenvalue weighted by Gasteiger charge is -2.20. The smallest absolute Gasteiger partial charge is 0.322 e. The molecular weight excluding hydrogens is 242 g/mol. The third-order valence-corrected chi connectivity index (χ3v) is 3.28. The van der Waals surface area contributed by atoms with E-state index in [2.05, 4.69) is 6.07 Å². The molecule has 102 valence electrons. The number of amides is 3. The molecule has 0 saturated carbocycles. The minimum atomic E-state index is -0.349. The van der Waals surface area contributed by atoms with Crippen LogP contribution in [-0.2, 0) is 4.79 Å². The zero-order valence-corrected chi connectivity index (χ0v) is 11.5. The number of hydrogen-bond acceptors (Lipinski definition) is 3. The van der Waals surface area contributed by atoms with Crippen molar-refractivity contribution in [3.8, 4) is 0 Å². The van der Waals surface area contributed by atoms with Crippen LogP contribution < -0.4 is 5.73 Å². The molecule has 1 saturated heterocycles. The van der Waals surface area contributed by atoms with Crippen molar-refractivity contribution >= 4 is 11.9 Å². The highest BCUT2D eigenvalue weighted by Gasteiger charge is 2.34. The normalized spacial score (nSPS) is 17.3. The molecule has 1 unspecified atom stereocenters. The van der Waals surface area contributed by atoms with E-state index in [4.69, 9.17) is 5.73 Å². The average molecular weight is 261 g/mol. The summed E-state index contributed by atoms with van der Waals surface area (Å²) in [4.78, 5) is 26.1. The van der Waals surface area contributed by atoms with E-state index in [0.717, 1.165) is 16.7 Å². The van der Waals surface area contributed by atoms with E-state index < -0.39 is 0 Å². The highest BCUT2D eigenvalue weighted by molar-refractivity contribution is 6.01. The quantitative estimate of drug-likeness (QED) is 0.831. The van der Waals surface area contributed by atoms with Gasteiger partial charge in [-0.05, 0) is 19.4 Å². The van der Waals surface area contributed by atoms with E-state index >= 15 is 0 Å². The first-order chi connectivity index (χ1) is 8.88. The second-order valence-electron chi connectivity index (χ2n) is 5.17. The highest BCUT2D eigenvalue weighted by Crippen LogP contribution is 2.18. The zero-order chi connectivity index (χ0) is 14.2. The molecule has 0 aromatic heterocycles. The van der Waals surface area contributed by atoms with Crippen LogP contribution in [0.25, 0.3) is 0 Å². The molecule has 1 aliphatic rings. The van der Waals surface area contributed by atoms with Gasteiger partial charge in [0, 0.05) is 19.6 Å². The zero-order valence-electron chi connectivity index (χ0n) is 11.5. The van der Waals surface area contributed by atoms with Gasteiger partial charge >= 0.3 is 6.03 Å². The fourth-order valence-corrected chi connectivity index (χ4v) is 2.37. The molecule has 19 heavy (non-hydrogen) atoms. The van der Waals surface area contributed by atoms with Crippen molar-refractivity contribution < 1.29 is 9.59 Å². The maximum absolute atomic E-state index is 11.8. The fourth-order valence-electron chi connectivity index (χ4n) is 2.37. The van der Waals surface area contributed by atoms with Crippen LogP contribution in [0.5, 0.6) is 0 Å². The lowest BCUT2D eigenvalue weighted by Crippen LogP contribution is -2.37. The maximum Gasteiger partial charge on any atom is 0.327 e. The number of nitrogens with zero attached hydrogens (tertiary/aromatic N) is 2. The van der Waals surface area contributed by atoms with Gasteiger partial charge in [0.1, 0.15) is 6.54 Å². The van der Waals surface area contributed by atoms with Crippen LogP contribution in [0.4, 0.5) is 4.79 Å². The first kappa shape index (κ1) is 13.5. The minimum absolute atomic E-state index is 0.137. The van der Waals surface area contributed by atoms with Crippen LogP contribution in [0, 0.1) is 13.8 Å². The number of carbonyl (C=O) groups excluding carboxylic acids is 2. The van der Waals surface area contributed by atoms with E-state index in [1.807, 2.05) is 26.0 Å². The molecule has 2 N–H and O–H groups in total. The van der Waals surface area contributed by atoms with Crippen molar-refractivity contribution in [2.45, 2.75) is 19.9 Å². The Bertz CT molecular complexity index is 507. The second-order valence-corrected chi connectivity index (χ2v) is 5.17. The topological polar surface area (TPSA) is 66.6 Å². The number of hydrogen-bond donors (Lipinski definition) is 1. The standard InChI is InChI=1S/C14H19N3O2/c1-9-4-10(2)6-11(5-9)12(15)7-17-13(18)8-16(3)14(17)19/h4-6,12H,7-8,15H2,1-3H3. The summed E-state index contributed by atoms with van der Waals surface area (Å²) in [6, 6.07) is 5.43. The summed E-state index contributed by atoms with van der Waals surface area (Å²) < 4.78 is 0. The Morgan fingerprint density at radius 1 is 1.21 bits per heavy atom. The number of rotatable bonds is 3. The summed E-state index contributed by atoms with van der Waals surface area (Å²) in [6.45, 7) is 4.37. The average Bonchev–Trinajstić information content (AvgIpc) is 2.54. The lowest BCUT2D eigenvalue weighted by molar-refractivity contribution is -0.125. The highest BCUT2D eigenvalue weighted by atomic mass is 16.2. The molecule has 0 spiro atoms. The Morgan fingerprint density at radius 2 is 1.79 bits per heavy atom. The molecule has 1 heterocycles. The molecule has 1 aromatic carbocycles. The van der Waals surface area contributed by atoms with Crippen LogP contribution in [0.1, 0.15) is 22.7 Å². The van der Waals surface area contributed by atoms with Crippen molar-refractivity contribution in [1.82, 2.24) is 9.80 Å². The summed E-state index contributed by atoms with van der Waals surface area (Å²) in [5.74, 6) is -0.188. The van der Waals surface area contributed by atoms with Crippen molar-refractivity contribution in [2.24, 2.45) is 5.73 Å². The molecule has 1 fully saturated rings. The number of aryl methyl sites for hydroxylation is 2. The second kappa shape index (κ2) is 5.01. The van der Waals surface area contributed by atoms with Crippen LogP contribution >= 0.6 is 0 Å². The molecule has 5 heteroatoms. The predicted molar refractivity (Wildman–Crippen MR) is 72.6 cm³/mol. The van der Waals surface area contributed by atoms with Gasteiger partial charge in [-0.2, -0.15) is 0 Å². The number of imide groups is 1. The number of likely N-dealkylation sites (N-methyl/N-ethyl adjacent to an activating group) is 1. The lowest BCUT2D eigenvalue weighted by atomic mass is 10.0. The molecule has 0 bridgehead atoms. The fraction of sp³-hybridized carbons (Fsp3) is 0.429. The molecule has 3 amide bonds. The molecule has 1 aromatic rings. The summed E-state index contributed by atoms with van der Waals surface area (Å²) in [5, 5.41) is 0. The summed E-state index contributed by atoms with van der Waals surface area (Å²) in [6.07, 6.45) is 0. The summed E-state index contributed by atoms with van der Waals surface area (Å²) in [7, 11) is 1.61. The Balaban J connectivity index is 2.15. The third-order valence-electron chi connectivity index (χ3n) is 3.28. The summed E-state index contributed by atoms with van der Waals surface area (Å²) in [5.41, 5.74) is 9.32. The number of nitrogens with two attached hydrogens (primary N) is 1. The van der Waals surface area contributed by atoms with Gasteiger partial charge < -0.3 is 10.6 Å². The van der Waals surface area contributed by atoms with Crippen LogP contribution in [0.15, 0.2) is 18.2 Å². The van der Waals surface area contributed by atoms with Gasteiger partial charge in [0.15, 0.2) is 0 Å². The molecule has 5 nitrogen and oxygen atoms in total. The van der Waals surface area contributed by atoms with Gasteiger partial charge in [0.2, 0.25) is 5.91 Å². The van der Waals surface area contributed by atoms with Crippen molar-refractivity contribution in [3.63, 3.8) is 0 Å². The first-order valence-corrected chi connectivity index (χ1v) is 6.27. The van der Waals surface area contributed by atoms with Crippen LogP contribution in [0.3, 0.4) is 0 Å². The van der Waals surface area contributed by atoms with Crippen molar-refractivity contribution in [2.75, 3.05) is 20.1 Å². The minimum Gasteiger partial charge on any atom is -0.322 e. The number of urea groups is 1. The van der Waals surface area contributed by atoms with Gasteiger partial charge in [0.05, 0.1) is 0 Å².